The van der Waals surface area contributed by atoms with E-state index >= 15 is 4.39 Å². The Kier molecular flexibility index (Phi) is 7.75. The molecule has 1 aliphatic heterocycles. The summed E-state index contributed by atoms with van der Waals surface area (Å²) in [6.45, 7) is 4.54. The van der Waals surface area contributed by atoms with E-state index < -0.39 is 28.4 Å². The molecule has 1 saturated heterocycles. The standard InChI is InChI=1S/C29H29FN4O7/c1-4-33-15-20(28(36)37)26(35)19-13-21(30)24(14-23(19)33)34-10-8-32(9-11-34)16-22(31-40-3)18-12-17-6-5-7-25(39-2)27(17)41-29(18)38/h5-7,12-15H,4,8-11,16H2,1-3H3,(H,36,37)/b31-22+. The van der Waals surface area contributed by atoms with E-state index in [4.69, 9.17) is 14.0 Å². The van der Waals surface area contributed by atoms with Crippen molar-refractivity contribution in [3.8, 4) is 5.75 Å². The maximum Gasteiger partial charge on any atom is 0.345 e. The monoisotopic (exact) mass is 564 g/mol. The summed E-state index contributed by atoms with van der Waals surface area (Å²) in [6, 6.07) is 9.74. The molecule has 41 heavy (non-hydrogen) atoms. The number of carbonyl (C=O) groups is 1. The minimum Gasteiger partial charge on any atom is -0.493 e. The number of ether oxygens (including phenoxy) is 1. The van der Waals surface area contributed by atoms with Crippen molar-refractivity contribution in [1.29, 1.82) is 0 Å². The van der Waals surface area contributed by atoms with Gasteiger partial charge < -0.3 is 28.6 Å². The molecule has 12 heteroatoms. The number of hydrogen-bond acceptors (Lipinski definition) is 9. The molecule has 11 nitrogen and oxygen atoms in total. The Morgan fingerprint density at radius 3 is 2.51 bits per heavy atom. The van der Waals surface area contributed by atoms with Crippen molar-refractivity contribution in [2.75, 3.05) is 51.8 Å². The largest absolute Gasteiger partial charge is 0.493 e. The van der Waals surface area contributed by atoms with Crippen molar-refractivity contribution in [3.63, 3.8) is 0 Å². The molecule has 2 aromatic carbocycles. The van der Waals surface area contributed by atoms with Crippen LogP contribution in [-0.4, -0.2) is 73.2 Å². The van der Waals surface area contributed by atoms with Gasteiger partial charge in [0.05, 0.1) is 23.9 Å². The van der Waals surface area contributed by atoms with E-state index in [2.05, 4.69) is 10.1 Å². The summed E-state index contributed by atoms with van der Waals surface area (Å²) in [4.78, 5) is 46.1. The fourth-order valence-corrected chi connectivity index (χ4v) is 5.17. The number of halogens is 1. The fourth-order valence-electron chi connectivity index (χ4n) is 5.17. The number of rotatable bonds is 8. The van der Waals surface area contributed by atoms with Gasteiger partial charge in [-0.2, -0.15) is 0 Å². The predicted molar refractivity (Wildman–Crippen MR) is 152 cm³/mol. The number of oxime groups is 1. The number of methoxy groups -OCH3 is 1. The molecule has 1 aliphatic rings. The number of aromatic nitrogens is 1. The summed E-state index contributed by atoms with van der Waals surface area (Å²) >= 11 is 0. The highest BCUT2D eigenvalue weighted by Crippen LogP contribution is 2.27. The number of nitrogens with zero attached hydrogens (tertiary/aromatic N) is 4. The van der Waals surface area contributed by atoms with Crippen molar-refractivity contribution in [2.24, 2.45) is 5.16 Å². The summed E-state index contributed by atoms with van der Waals surface area (Å²) in [5.41, 5.74) is 0.141. The molecule has 1 fully saturated rings. The first kappa shape index (κ1) is 27.8. The van der Waals surface area contributed by atoms with Crippen LogP contribution in [0.3, 0.4) is 0 Å². The van der Waals surface area contributed by atoms with Crippen LogP contribution in [0.1, 0.15) is 22.8 Å². The zero-order chi connectivity index (χ0) is 29.3. The van der Waals surface area contributed by atoms with E-state index in [0.29, 0.717) is 72.9 Å². The van der Waals surface area contributed by atoms with Crippen LogP contribution in [-0.2, 0) is 11.4 Å². The Bertz CT molecular complexity index is 1790. The lowest BCUT2D eigenvalue weighted by Crippen LogP contribution is -2.48. The summed E-state index contributed by atoms with van der Waals surface area (Å²) in [6.07, 6.45) is 1.29. The smallest absolute Gasteiger partial charge is 0.345 e. The van der Waals surface area contributed by atoms with Gasteiger partial charge in [0, 0.05) is 56.2 Å². The average molecular weight is 565 g/mol. The van der Waals surface area contributed by atoms with Crippen molar-refractivity contribution < 1.29 is 28.3 Å². The summed E-state index contributed by atoms with van der Waals surface area (Å²) in [5, 5.41) is 14.2. The van der Waals surface area contributed by atoms with Crippen LogP contribution in [0.2, 0.25) is 0 Å². The SMILES string of the molecule is CCn1cc(C(=O)O)c(=O)c2cc(F)c(N3CCN(C/C(=N\OC)c4cc5cccc(OC)c5oc4=O)CC3)cc21. The highest BCUT2D eigenvalue weighted by molar-refractivity contribution is 6.03. The van der Waals surface area contributed by atoms with Gasteiger partial charge in [-0.25, -0.2) is 14.0 Å². The lowest BCUT2D eigenvalue weighted by molar-refractivity contribution is 0.0695. The van der Waals surface area contributed by atoms with Crippen molar-refractivity contribution in [2.45, 2.75) is 13.5 Å². The molecular formula is C29H29FN4O7. The number of anilines is 1. The van der Waals surface area contributed by atoms with Crippen LogP contribution < -0.4 is 20.7 Å². The maximum absolute atomic E-state index is 15.3. The third-order valence-corrected chi connectivity index (χ3v) is 7.26. The van der Waals surface area contributed by atoms with Gasteiger partial charge in [-0.05, 0) is 31.2 Å². The molecule has 2 aromatic heterocycles. The summed E-state index contributed by atoms with van der Waals surface area (Å²) < 4.78 is 27.8. The third kappa shape index (κ3) is 5.25. The number of pyridine rings is 1. The molecule has 0 atom stereocenters. The van der Waals surface area contributed by atoms with Crippen LogP contribution in [0.4, 0.5) is 10.1 Å². The maximum atomic E-state index is 15.3. The second-order valence-corrected chi connectivity index (χ2v) is 9.59. The number of benzene rings is 2. The first-order valence-corrected chi connectivity index (χ1v) is 13.0. The molecule has 0 aliphatic carbocycles. The Morgan fingerprint density at radius 1 is 1.10 bits per heavy atom. The van der Waals surface area contributed by atoms with Gasteiger partial charge in [-0.15, -0.1) is 0 Å². The number of aromatic carboxylic acids is 1. The second kappa shape index (κ2) is 11.4. The minimum atomic E-state index is -1.35. The zero-order valence-corrected chi connectivity index (χ0v) is 22.8. The van der Waals surface area contributed by atoms with E-state index in [1.54, 1.807) is 28.8 Å². The number of piperazine rings is 1. The molecule has 3 heterocycles. The van der Waals surface area contributed by atoms with Crippen molar-refractivity contribution in [3.05, 3.63) is 80.2 Å². The predicted octanol–water partition coefficient (Wildman–Crippen LogP) is 3.15. The molecule has 5 rings (SSSR count). The van der Waals surface area contributed by atoms with E-state index in [1.807, 2.05) is 17.9 Å². The number of hydrogen-bond donors (Lipinski definition) is 1. The highest BCUT2D eigenvalue weighted by atomic mass is 19.1. The van der Waals surface area contributed by atoms with Gasteiger partial charge in [-0.1, -0.05) is 17.3 Å². The van der Waals surface area contributed by atoms with Gasteiger partial charge >= 0.3 is 11.6 Å². The number of carboxylic acids is 1. The minimum absolute atomic E-state index is 0.0268. The number of carboxylic acid groups (broad SMARTS) is 1. The van der Waals surface area contributed by atoms with Gasteiger partial charge in [0.25, 0.3) is 0 Å². The normalized spacial score (nSPS) is 14.5. The Labute approximate surface area is 233 Å². The number of para-hydroxylation sites is 1. The Hall–Kier alpha value is -4.71. The molecule has 0 amide bonds. The van der Waals surface area contributed by atoms with Crippen LogP contribution in [0, 0.1) is 5.82 Å². The van der Waals surface area contributed by atoms with Gasteiger partial charge in [0.2, 0.25) is 5.43 Å². The van der Waals surface area contributed by atoms with Crippen LogP contribution >= 0.6 is 0 Å². The molecule has 0 bridgehead atoms. The van der Waals surface area contributed by atoms with E-state index in [-0.39, 0.29) is 10.9 Å². The molecule has 4 aromatic rings. The van der Waals surface area contributed by atoms with Crippen molar-refractivity contribution >= 4 is 39.2 Å². The molecule has 0 saturated carbocycles. The lowest BCUT2D eigenvalue weighted by Gasteiger charge is -2.36. The number of fused-ring (bicyclic) bond motifs is 2. The van der Waals surface area contributed by atoms with Gasteiger partial charge in [0.1, 0.15) is 24.2 Å². The van der Waals surface area contributed by atoms with Gasteiger partial charge in [0.15, 0.2) is 11.3 Å². The molecule has 0 radical (unpaired) electrons. The summed E-state index contributed by atoms with van der Waals surface area (Å²) in [7, 11) is 2.91. The molecule has 1 N–H and O–H groups in total. The lowest BCUT2D eigenvalue weighted by atomic mass is 10.1. The zero-order valence-electron chi connectivity index (χ0n) is 22.8. The van der Waals surface area contributed by atoms with E-state index in [9.17, 15) is 19.5 Å². The summed E-state index contributed by atoms with van der Waals surface area (Å²) in [5.74, 6) is -1.50. The first-order valence-electron chi connectivity index (χ1n) is 13.0. The van der Waals surface area contributed by atoms with Crippen molar-refractivity contribution in [1.82, 2.24) is 9.47 Å². The van der Waals surface area contributed by atoms with Crippen LogP contribution in [0.25, 0.3) is 21.9 Å². The van der Waals surface area contributed by atoms with Crippen LogP contribution in [0.5, 0.6) is 5.75 Å². The molecule has 0 unspecified atom stereocenters. The Morgan fingerprint density at radius 2 is 1.85 bits per heavy atom. The van der Waals surface area contributed by atoms with Gasteiger partial charge in [-0.3, -0.25) is 9.69 Å². The Balaban J connectivity index is 1.38. The van der Waals surface area contributed by atoms with E-state index in [1.165, 1.54) is 20.4 Å². The fraction of sp³-hybridized carbons (Fsp3) is 0.310. The molecule has 0 spiro atoms. The first-order chi connectivity index (χ1) is 19.7. The molecular weight excluding hydrogens is 535 g/mol. The highest BCUT2D eigenvalue weighted by Gasteiger charge is 2.25. The third-order valence-electron chi connectivity index (χ3n) is 7.26. The molecule has 214 valence electrons. The average Bonchev–Trinajstić information content (AvgIpc) is 2.97. The van der Waals surface area contributed by atoms with E-state index in [0.717, 1.165) is 6.07 Å². The van der Waals surface area contributed by atoms with Crippen LogP contribution in [0.15, 0.2) is 61.8 Å². The number of aryl methyl sites for hydroxylation is 1. The second-order valence-electron chi connectivity index (χ2n) is 9.59. The topological polar surface area (TPSA) is 127 Å². The quantitative estimate of drug-likeness (QED) is 0.195.